The monoisotopic (exact) mass is 372 g/mol. The molecule has 0 aliphatic carbocycles. The molecule has 26 heavy (non-hydrogen) atoms. The zero-order valence-electron chi connectivity index (χ0n) is 15.5. The molecule has 1 N–H and O–H groups in total. The largest absolute Gasteiger partial charge is 0.360 e. The number of hydrogen-bond donors (Lipinski definition) is 1. The maximum Gasteiger partial charge on any atom is 0.278 e. The van der Waals surface area contributed by atoms with Crippen molar-refractivity contribution in [2.24, 2.45) is 0 Å². The lowest BCUT2D eigenvalue weighted by atomic mass is 10.1. The second-order valence-corrected chi connectivity index (χ2v) is 7.42. The van der Waals surface area contributed by atoms with Gasteiger partial charge in [0.05, 0.1) is 32.2 Å². The summed E-state index contributed by atoms with van der Waals surface area (Å²) in [6, 6.07) is 18.3. The minimum atomic E-state index is 0.0934. The molecule has 3 rings (SSSR count). The Balaban J connectivity index is 1.51. The molecule has 2 aromatic carbocycles. The van der Waals surface area contributed by atoms with Crippen molar-refractivity contribution in [1.29, 1.82) is 0 Å². The van der Waals surface area contributed by atoms with E-state index in [0.717, 1.165) is 36.9 Å². The van der Waals surface area contributed by atoms with Gasteiger partial charge in [-0.05, 0) is 30.7 Å². The first-order valence-corrected chi connectivity index (χ1v) is 9.57. The summed E-state index contributed by atoms with van der Waals surface area (Å²) in [5.74, 6) is 0.201. The highest BCUT2D eigenvalue weighted by Crippen LogP contribution is 2.19. The summed E-state index contributed by atoms with van der Waals surface area (Å²) in [4.78, 5) is 18.3. The molecule has 2 aromatic rings. The smallest absolute Gasteiger partial charge is 0.278 e. The van der Waals surface area contributed by atoms with Crippen LogP contribution in [0.5, 0.6) is 0 Å². The fraction of sp³-hybridized carbons (Fsp3) is 0.381. The van der Waals surface area contributed by atoms with E-state index < -0.39 is 0 Å². The fourth-order valence-electron chi connectivity index (χ4n) is 3.44. The Labute approximate surface area is 161 Å². The summed E-state index contributed by atoms with van der Waals surface area (Å²) < 4.78 is 0. The van der Waals surface area contributed by atoms with Gasteiger partial charge < -0.3 is 14.7 Å². The number of nitrogens with zero attached hydrogens (tertiary/aromatic N) is 2. The van der Waals surface area contributed by atoms with Crippen LogP contribution in [0.25, 0.3) is 0 Å². The third kappa shape index (κ3) is 4.57. The van der Waals surface area contributed by atoms with E-state index in [1.54, 1.807) is 0 Å². The summed E-state index contributed by atoms with van der Waals surface area (Å²) in [7, 11) is 1.90. The molecule has 4 nitrogen and oxygen atoms in total. The molecule has 0 bridgehead atoms. The number of nitrogens with one attached hydrogen (secondary N) is 1. The quantitative estimate of drug-likeness (QED) is 0.872. The number of halogens is 1. The van der Waals surface area contributed by atoms with E-state index in [9.17, 15) is 4.79 Å². The number of hydrogen-bond acceptors (Lipinski definition) is 2. The number of benzene rings is 2. The predicted molar refractivity (Wildman–Crippen MR) is 107 cm³/mol. The molecule has 1 atom stereocenters. The topological polar surface area (TPSA) is 28.0 Å². The van der Waals surface area contributed by atoms with Crippen molar-refractivity contribution in [3.8, 4) is 0 Å². The number of anilines is 1. The van der Waals surface area contributed by atoms with E-state index in [1.807, 2.05) is 48.3 Å². The fourth-order valence-corrected chi connectivity index (χ4v) is 3.62. The number of quaternary nitrogens is 1. The molecule has 0 radical (unpaired) electrons. The molecular weight excluding hydrogens is 346 g/mol. The van der Waals surface area contributed by atoms with Gasteiger partial charge in [0.1, 0.15) is 0 Å². The van der Waals surface area contributed by atoms with Crippen LogP contribution >= 0.6 is 11.6 Å². The van der Waals surface area contributed by atoms with Crippen molar-refractivity contribution in [3.05, 3.63) is 65.2 Å². The Morgan fingerprint density at radius 2 is 1.85 bits per heavy atom. The standard InChI is InChI=1S/C21H26ClN3O/c1-17(18-7-4-3-5-8-18)23(2)21(26)16-24-11-13-25(14-12-24)20-10-6-9-19(22)15-20/h3-10,15,17H,11-14,16H2,1-2H3/p+1/t17-/m1/s1. The third-order valence-corrected chi connectivity index (χ3v) is 5.54. The molecule has 0 saturated carbocycles. The molecule has 0 spiro atoms. The van der Waals surface area contributed by atoms with Crippen LogP contribution in [0.4, 0.5) is 5.69 Å². The second kappa shape index (κ2) is 8.56. The first-order chi connectivity index (χ1) is 12.5. The minimum Gasteiger partial charge on any atom is -0.360 e. The van der Waals surface area contributed by atoms with Gasteiger partial charge in [0.25, 0.3) is 5.91 Å². The van der Waals surface area contributed by atoms with Crippen molar-refractivity contribution in [1.82, 2.24) is 4.90 Å². The molecule has 5 heteroatoms. The number of carbonyl (C=O) groups excluding carboxylic acids is 1. The van der Waals surface area contributed by atoms with Gasteiger partial charge in [-0.3, -0.25) is 4.79 Å². The highest BCUT2D eigenvalue weighted by Gasteiger charge is 2.25. The summed E-state index contributed by atoms with van der Waals surface area (Å²) in [6.45, 7) is 6.45. The Bertz CT molecular complexity index is 729. The van der Waals surface area contributed by atoms with Crippen LogP contribution in [-0.2, 0) is 4.79 Å². The summed E-state index contributed by atoms with van der Waals surface area (Å²) in [5.41, 5.74) is 2.34. The van der Waals surface area contributed by atoms with Crippen LogP contribution in [0.2, 0.25) is 5.02 Å². The molecular formula is C21H27ClN3O+. The zero-order chi connectivity index (χ0) is 18.5. The first-order valence-electron chi connectivity index (χ1n) is 9.19. The van der Waals surface area contributed by atoms with Crippen molar-refractivity contribution in [2.45, 2.75) is 13.0 Å². The van der Waals surface area contributed by atoms with Gasteiger partial charge in [-0.25, -0.2) is 0 Å². The van der Waals surface area contributed by atoms with Gasteiger partial charge in [-0.15, -0.1) is 0 Å². The van der Waals surface area contributed by atoms with E-state index in [-0.39, 0.29) is 11.9 Å². The number of rotatable bonds is 5. The molecule has 1 heterocycles. The van der Waals surface area contributed by atoms with Crippen LogP contribution in [0.15, 0.2) is 54.6 Å². The van der Waals surface area contributed by atoms with Crippen LogP contribution in [-0.4, -0.2) is 50.6 Å². The molecule has 0 aromatic heterocycles. The van der Waals surface area contributed by atoms with Crippen molar-refractivity contribution in [2.75, 3.05) is 44.7 Å². The van der Waals surface area contributed by atoms with Crippen LogP contribution in [0.3, 0.4) is 0 Å². The van der Waals surface area contributed by atoms with E-state index >= 15 is 0 Å². The number of amides is 1. The number of likely N-dealkylation sites (N-methyl/N-ethyl adjacent to an activating group) is 1. The van der Waals surface area contributed by atoms with E-state index in [4.69, 9.17) is 11.6 Å². The van der Waals surface area contributed by atoms with Crippen molar-refractivity contribution >= 4 is 23.2 Å². The van der Waals surface area contributed by atoms with Crippen molar-refractivity contribution < 1.29 is 9.69 Å². The highest BCUT2D eigenvalue weighted by molar-refractivity contribution is 6.30. The van der Waals surface area contributed by atoms with E-state index in [1.165, 1.54) is 10.5 Å². The maximum absolute atomic E-state index is 12.7. The Morgan fingerprint density at radius 1 is 1.15 bits per heavy atom. The van der Waals surface area contributed by atoms with Crippen LogP contribution in [0, 0.1) is 0 Å². The number of piperazine rings is 1. The van der Waals surface area contributed by atoms with Gasteiger partial charge >= 0.3 is 0 Å². The van der Waals surface area contributed by atoms with Gasteiger partial charge in [0.15, 0.2) is 6.54 Å². The molecule has 138 valence electrons. The zero-order valence-corrected chi connectivity index (χ0v) is 16.2. The molecule has 1 aliphatic heterocycles. The van der Waals surface area contributed by atoms with Gasteiger partial charge in [-0.2, -0.15) is 0 Å². The Morgan fingerprint density at radius 3 is 2.50 bits per heavy atom. The molecule has 1 amide bonds. The highest BCUT2D eigenvalue weighted by atomic mass is 35.5. The van der Waals surface area contributed by atoms with Crippen molar-refractivity contribution in [3.63, 3.8) is 0 Å². The third-order valence-electron chi connectivity index (χ3n) is 5.30. The molecule has 1 fully saturated rings. The van der Waals surface area contributed by atoms with E-state index in [0.29, 0.717) is 6.54 Å². The van der Waals surface area contributed by atoms with E-state index in [2.05, 4.69) is 30.0 Å². The summed E-state index contributed by atoms with van der Waals surface area (Å²) >= 11 is 6.09. The lowest BCUT2D eigenvalue weighted by Gasteiger charge is -2.34. The Kier molecular flexibility index (Phi) is 6.17. The average Bonchev–Trinajstić information content (AvgIpc) is 2.68. The SMILES string of the molecule is C[C@H](c1ccccc1)N(C)C(=O)C[NH+]1CCN(c2cccc(Cl)c2)CC1. The second-order valence-electron chi connectivity index (χ2n) is 6.98. The predicted octanol–water partition coefficient (Wildman–Crippen LogP) is 2.26. The summed E-state index contributed by atoms with van der Waals surface area (Å²) in [5, 5.41) is 0.768. The van der Waals surface area contributed by atoms with Crippen LogP contribution < -0.4 is 9.80 Å². The lowest BCUT2D eigenvalue weighted by molar-refractivity contribution is -0.892. The number of carbonyl (C=O) groups is 1. The van der Waals surface area contributed by atoms with Gasteiger partial charge in [-0.1, -0.05) is 48.0 Å². The molecule has 0 unspecified atom stereocenters. The van der Waals surface area contributed by atoms with Gasteiger partial charge in [0.2, 0.25) is 0 Å². The Hall–Kier alpha value is -2.04. The molecule has 1 aliphatic rings. The van der Waals surface area contributed by atoms with Gasteiger partial charge in [0, 0.05) is 17.8 Å². The lowest BCUT2D eigenvalue weighted by Crippen LogP contribution is -3.15. The molecule has 1 saturated heterocycles. The minimum absolute atomic E-state index is 0.0934. The average molecular weight is 373 g/mol. The maximum atomic E-state index is 12.7. The first kappa shape index (κ1) is 18.7. The van der Waals surface area contributed by atoms with Crippen LogP contribution in [0.1, 0.15) is 18.5 Å². The summed E-state index contributed by atoms with van der Waals surface area (Å²) in [6.07, 6.45) is 0. The normalized spacial score (nSPS) is 16.3.